The summed E-state index contributed by atoms with van der Waals surface area (Å²) in [4.78, 5) is 7.71. The Balaban J connectivity index is 1.60. The molecule has 2 fully saturated rings. The van der Waals surface area contributed by atoms with Gasteiger partial charge in [-0.15, -0.1) is 11.3 Å². The summed E-state index contributed by atoms with van der Waals surface area (Å²) in [5, 5.41) is 10.6. The second-order valence-electron chi connectivity index (χ2n) is 5.69. The molecule has 0 amide bonds. The Morgan fingerprint density at radius 1 is 1.41 bits per heavy atom. The van der Waals surface area contributed by atoms with Crippen LogP contribution in [0.15, 0.2) is 11.7 Å². The molecule has 0 bridgehead atoms. The van der Waals surface area contributed by atoms with Crippen molar-refractivity contribution < 1.29 is 5.11 Å². The van der Waals surface area contributed by atoms with E-state index in [-0.39, 0.29) is 0 Å². The summed E-state index contributed by atoms with van der Waals surface area (Å²) in [5.74, 6) is 0.873. The molecule has 0 aromatic carbocycles. The summed E-state index contributed by atoms with van der Waals surface area (Å²) in [6.45, 7) is 4.82. The number of rotatable bonds is 2. The fraction of sp³-hybridized carbons (Fsp3) is 0.769. The molecule has 1 N–H and O–H groups in total. The highest BCUT2D eigenvalue weighted by molar-refractivity contribution is 7.09. The van der Waals surface area contributed by atoms with Gasteiger partial charge >= 0.3 is 0 Å². The number of aromatic nitrogens is 1. The molecule has 1 aromatic heterocycles. The first kappa shape index (κ1) is 11.6. The largest absolute Gasteiger partial charge is 0.384 e. The maximum absolute atomic E-state index is 10.6. The van der Waals surface area contributed by atoms with Crippen molar-refractivity contribution in [1.82, 2.24) is 9.88 Å². The Bertz CT molecular complexity index is 365. The zero-order chi connectivity index (χ0) is 11.9. The van der Waals surface area contributed by atoms with E-state index < -0.39 is 5.60 Å². The standard InChI is InChI=1S/C13H20N2OS/c1-10-7-15(8-10)11-2-4-13(16,5-3-11)12-6-14-9-17-12/h6,9-11,16H,2-5,7-8H2,1H3. The minimum atomic E-state index is -0.589. The third-order valence-corrected chi connectivity index (χ3v) is 5.25. The minimum Gasteiger partial charge on any atom is -0.384 e. The van der Waals surface area contributed by atoms with Crippen molar-refractivity contribution >= 4 is 11.3 Å². The molecule has 3 rings (SSSR count). The number of likely N-dealkylation sites (tertiary alicyclic amines) is 1. The molecular weight excluding hydrogens is 232 g/mol. The van der Waals surface area contributed by atoms with Gasteiger partial charge in [0.15, 0.2) is 0 Å². The van der Waals surface area contributed by atoms with Crippen LogP contribution in [0, 0.1) is 5.92 Å². The van der Waals surface area contributed by atoms with E-state index >= 15 is 0 Å². The zero-order valence-corrected chi connectivity index (χ0v) is 11.1. The monoisotopic (exact) mass is 252 g/mol. The lowest BCUT2D eigenvalue weighted by Gasteiger charge is -2.47. The van der Waals surface area contributed by atoms with E-state index in [1.54, 1.807) is 11.3 Å². The first-order chi connectivity index (χ1) is 8.17. The molecule has 2 heterocycles. The average molecular weight is 252 g/mol. The maximum atomic E-state index is 10.6. The Labute approximate surface area is 106 Å². The van der Waals surface area contributed by atoms with E-state index in [0.717, 1.165) is 36.5 Å². The van der Waals surface area contributed by atoms with Gasteiger partial charge in [0.25, 0.3) is 0 Å². The van der Waals surface area contributed by atoms with Gasteiger partial charge in [0.05, 0.1) is 10.4 Å². The molecule has 3 nitrogen and oxygen atoms in total. The van der Waals surface area contributed by atoms with Crippen LogP contribution < -0.4 is 0 Å². The second kappa shape index (κ2) is 4.34. The molecule has 1 saturated heterocycles. The fourth-order valence-corrected chi connectivity index (χ4v) is 3.96. The predicted molar refractivity (Wildman–Crippen MR) is 69.0 cm³/mol. The highest BCUT2D eigenvalue weighted by atomic mass is 32.1. The third-order valence-electron chi connectivity index (χ3n) is 4.28. The zero-order valence-electron chi connectivity index (χ0n) is 10.3. The Hall–Kier alpha value is -0.450. The Morgan fingerprint density at radius 3 is 2.65 bits per heavy atom. The van der Waals surface area contributed by atoms with Crippen LogP contribution in [0.1, 0.15) is 37.5 Å². The molecule has 1 aromatic rings. The van der Waals surface area contributed by atoms with Crippen molar-refractivity contribution in [3.05, 3.63) is 16.6 Å². The summed E-state index contributed by atoms with van der Waals surface area (Å²) in [6, 6.07) is 0.708. The van der Waals surface area contributed by atoms with Crippen LogP contribution in [0.2, 0.25) is 0 Å². The highest BCUT2D eigenvalue weighted by Crippen LogP contribution is 2.41. The number of aliphatic hydroxyl groups is 1. The molecule has 0 unspecified atom stereocenters. The molecule has 0 spiro atoms. The van der Waals surface area contributed by atoms with E-state index in [0.29, 0.717) is 6.04 Å². The molecule has 1 saturated carbocycles. The summed E-state index contributed by atoms with van der Waals surface area (Å²) < 4.78 is 0. The van der Waals surface area contributed by atoms with Crippen molar-refractivity contribution in [1.29, 1.82) is 0 Å². The molecular formula is C13H20N2OS. The van der Waals surface area contributed by atoms with Crippen LogP contribution in [0.25, 0.3) is 0 Å². The van der Waals surface area contributed by atoms with Gasteiger partial charge in [-0.25, -0.2) is 0 Å². The summed E-state index contributed by atoms with van der Waals surface area (Å²) in [7, 11) is 0. The number of hydrogen-bond acceptors (Lipinski definition) is 4. The Kier molecular flexibility index (Phi) is 2.97. The van der Waals surface area contributed by atoms with Crippen molar-refractivity contribution in [3.63, 3.8) is 0 Å². The van der Waals surface area contributed by atoms with Crippen LogP contribution in [-0.2, 0) is 5.60 Å². The van der Waals surface area contributed by atoms with Crippen LogP contribution in [0.4, 0.5) is 0 Å². The van der Waals surface area contributed by atoms with Crippen LogP contribution in [0.3, 0.4) is 0 Å². The van der Waals surface area contributed by atoms with E-state index in [9.17, 15) is 5.11 Å². The number of nitrogens with zero attached hydrogens (tertiary/aromatic N) is 2. The van der Waals surface area contributed by atoms with Crippen molar-refractivity contribution in [2.45, 2.75) is 44.2 Å². The summed E-state index contributed by atoms with van der Waals surface area (Å²) >= 11 is 1.58. The lowest BCUT2D eigenvalue weighted by atomic mass is 9.79. The lowest BCUT2D eigenvalue weighted by molar-refractivity contribution is -0.0418. The maximum Gasteiger partial charge on any atom is 0.100 e. The summed E-state index contributed by atoms with van der Waals surface area (Å²) in [6.07, 6.45) is 5.87. The van der Waals surface area contributed by atoms with Gasteiger partial charge in [0.2, 0.25) is 0 Å². The SMILES string of the molecule is CC1CN(C2CCC(O)(c3cncs3)CC2)C1. The molecule has 0 radical (unpaired) electrons. The summed E-state index contributed by atoms with van der Waals surface area (Å²) in [5.41, 5.74) is 1.23. The van der Waals surface area contributed by atoms with Crippen LogP contribution in [0.5, 0.6) is 0 Å². The minimum absolute atomic E-state index is 0.589. The third kappa shape index (κ3) is 2.14. The normalized spacial score (nSPS) is 35.8. The second-order valence-corrected chi connectivity index (χ2v) is 6.57. The first-order valence-electron chi connectivity index (χ1n) is 6.53. The van der Waals surface area contributed by atoms with Crippen molar-refractivity contribution in [2.75, 3.05) is 13.1 Å². The molecule has 1 aliphatic carbocycles. The van der Waals surface area contributed by atoms with Crippen molar-refractivity contribution in [2.24, 2.45) is 5.92 Å². The predicted octanol–water partition coefficient (Wildman–Crippen LogP) is 2.23. The van der Waals surface area contributed by atoms with Gasteiger partial charge in [-0.2, -0.15) is 0 Å². The van der Waals surface area contributed by atoms with E-state index in [1.165, 1.54) is 13.1 Å². The van der Waals surface area contributed by atoms with E-state index in [4.69, 9.17) is 0 Å². The highest BCUT2D eigenvalue weighted by Gasteiger charge is 2.39. The Morgan fingerprint density at radius 2 is 2.12 bits per heavy atom. The number of hydrogen-bond donors (Lipinski definition) is 1. The molecule has 94 valence electrons. The number of thiazole rings is 1. The quantitative estimate of drug-likeness (QED) is 0.877. The molecule has 1 aliphatic heterocycles. The smallest absolute Gasteiger partial charge is 0.100 e. The van der Waals surface area contributed by atoms with Gasteiger partial charge in [0.1, 0.15) is 5.60 Å². The van der Waals surface area contributed by atoms with Crippen molar-refractivity contribution in [3.8, 4) is 0 Å². The van der Waals surface area contributed by atoms with Gasteiger partial charge in [-0.3, -0.25) is 9.88 Å². The van der Waals surface area contributed by atoms with Gasteiger partial charge < -0.3 is 5.11 Å². The van der Waals surface area contributed by atoms with Crippen LogP contribution in [-0.4, -0.2) is 34.1 Å². The van der Waals surface area contributed by atoms with Gasteiger partial charge in [-0.1, -0.05) is 6.92 Å². The van der Waals surface area contributed by atoms with E-state index in [1.807, 2.05) is 11.7 Å². The molecule has 4 heteroatoms. The molecule has 17 heavy (non-hydrogen) atoms. The van der Waals surface area contributed by atoms with Gasteiger partial charge in [0, 0.05) is 25.3 Å². The molecule has 0 atom stereocenters. The topological polar surface area (TPSA) is 36.4 Å². The fourth-order valence-electron chi connectivity index (χ4n) is 3.18. The van der Waals surface area contributed by atoms with Crippen LogP contribution >= 0.6 is 11.3 Å². The molecule has 2 aliphatic rings. The average Bonchev–Trinajstić information content (AvgIpc) is 2.80. The lowest BCUT2D eigenvalue weighted by Crippen LogP contribution is -2.53. The van der Waals surface area contributed by atoms with Gasteiger partial charge in [-0.05, 0) is 31.6 Å². The van der Waals surface area contributed by atoms with E-state index in [2.05, 4.69) is 16.8 Å². The first-order valence-corrected chi connectivity index (χ1v) is 7.41.